The van der Waals surface area contributed by atoms with E-state index in [0.29, 0.717) is 30.0 Å². The van der Waals surface area contributed by atoms with Gasteiger partial charge in [-0.3, -0.25) is 4.79 Å². The first-order chi connectivity index (χ1) is 15.6. The zero-order valence-electron chi connectivity index (χ0n) is 17.9. The lowest BCUT2D eigenvalue weighted by atomic mass is 10.1. The molecule has 2 aromatic rings. The van der Waals surface area contributed by atoms with Crippen molar-refractivity contribution in [2.45, 2.75) is 37.9 Å². The summed E-state index contributed by atoms with van der Waals surface area (Å²) in [6.45, 7) is 2.46. The van der Waals surface area contributed by atoms with E-state index in [0.717, 1.165) is 38.9 Å². The highest BCUT2D eigenvalue weighted by Crippen LogP contribution is 2.19. The van der Waals surface area contributed by atoms with Crippen LogP contribution in [-0.4, -0.2) is 55.3 Å². The zero-order chi connectivity index (χ0) is 22.3. The van der Waals surface area contributed by atoms with E-state index in [1.54, 1.807) is 35.2 Å². The molecular formula is C24H28FN3O4. The lowest BCUT2D eigenvalue weighted by Gasteiger charge is -2.28. The highest BCUT2D eigenvalue weighted by molar-refractivity contribution is 6.05. The summed E-state index contributed by atoms with van der Waals surface area (Å²) in [5.41, 5.74) is 1.23. The van der Waals surface area contributed by atoms with E-state index >= 15 is 0 Å². The largest absolute Gasteiger partial charge is 0.376 e. The summed E-state index contributed by atoms with van der Waals surface area (Å²) in [6, 6.07) is 12.1. The molecule has 32 heavy (non-hydrogen) atoms. The molecule has 4 rings (SSSR count). The predicted octanol–water partition coefficient (Wildman–Crippen LogP) is 4.27. The van der Waals surface area contributed by atoms with E-state index in [-0.39, 0.29) is 24.1 Å². The van der Waals surface area contributed by atoms with Gasteiger partial charge < -0.3 is 25.0 Å². The van der Waals surface area contributed by atoms with Crippen molar-refractivity contribution in [3.63, 3.8) is 0 Å². The Balaban J connectivity index is 1.41. The summed E-state index contributed by atoms with van der Waals surface area (Å²) in [7, 11) is 0. The van der Waals surface area contributed by atoms with Gasteiger partial charge in [0.2, 0.25) is 0 Å². The third kappa shape index (κ3) is 6.05. The molecule has 7 nitrogen and oxygen atoms in total. The molecule has 3 amide bonds. The predicted molar refractivity (Wildman–Crippen MR) is 119 cm³/mol. The summed E-state index contributed by atoms with van der Waals surface area (Å²) in [5.74, 6) is -0.816. The molecule has 0 radical (unpaired) electrons. The van der Waals surface area contributed by atoms with Crippen molar-refractivity contribution >= 4 is 23.3 Å². The number of anilines is 2. The van der Waals surface area contributed by atoms with Gasteiger partial charge in [-0.2, -0.15) is 0 Å². The van der Waals surface area contributed by atoms with Crippen LogP contribution in [0.5, 0.6) is 0 Å². The molecule has 0 aliphatic carbocycles. The summed E-state index contributed by atoms with van der Waals surface area (Å²) in [5, 5.41) is 5.56. The Morgan fingerprint density at radius 1 is 0.906 bits per heavy atom. The van der Waals surface area contributed by atoms with Gasteiger partial charge >= 0.3 is 6.03 Å². The van der Waals surface area contributed by atoms with Gasteiger partial charge in [0.25, 0.3) is 5.91 Å². The number of rotatable bonds is 7. The smallest absolute Gasteiger partial charge is 0.322 e. The van der Waals surface area contributed by atoms with Crippen molar-refractivity contribution in [3.05, 3.63) is 59.9 Å². The number of benzene rings is 2. The van der Waals surface area contributed by atoms with Crippen LogP contribution >= 0.6 is 0 Å². The van der Waals surface area contributed by atoms with Crippen molar-refractivity contribution in [2.24, 2.45) is 0 Å². The molecule has 2 atom stereocenters. The van der Waals surface area contributed by atoms with Gasteiger partial charge in [0.1, 0.15) is 5.82 Å². The van der Waals surface area contributed by atoms with E-state index in [2.05, 4.69) is 10.6 Å². The Kier molecular flexibility index (Phi) is 7.34. The van der Waals surface area contributed by atoms with Crippen LogP contribution in [0.15, 0.2) is 48.5 Å². The van der Waals surface area contributed by atoms with Crippen LogP contribution < -0.4 is 10.6 Å². The zero-order valence-corrected chi connectivity index (χ0v) is 17.9. The lowest BCUT2D eigenvalue weighted by Crippen LogP contribution is -2.44. The molecule has 0 saturated carbocycles. The second kappa shape index (κ2) is 10.6. The van der Waals surface area contributed by atoms with E-state index in [1.807, 2.05) is 0 Å². The fourth-order valence-electron chi connectivity index (χ4n) is 4.02. The number of amides is 3. The molecular weight excluding hydrogens is 413 g/mol. The molecule has 2 fully saturated rings. The Morgan fingerprint density at radius 2 is 1.53 bits per heavy atom. The highest BCUT2D eigenvalue weighted by Gasteiger charge is 2.27. The van der Waals surface area contributed by atoms with Gasteiger partial charge in [-0.15, -0.1) is 0 Å². The standard InChI is InChI=1S/C24H28FN3O4/c25-18-6-2-8-20(14-18)26-23(29)17-5-1-7-19(13-17)27-24(30)28(15-21-9-3-11-31-21)16-22-10-4-12-32-22/h1-2,5-8,13-14,21-22H,3-4,9-12,15-16H2,(H,26,29)(H,27,30). The van der Waals surface area contributed by atoms with Crippen LogP contribution in [-0.2, 0) is 9.47 Å². The number of nitrogens with one attached hydrogen (secondary N) is 2. The third-order valence-corrected chi connectivity index (χ3v) is 5.64. The van der Waals surface area contributed by atoms with Gasteiger partial charge in [0.15, 0.2) is 0 Å². The first-order valence-corrected chi connectivity index (χ1v) is 11.0. The third-order valence-electron chi connectivity index (χ3n) is 5.64. The molecule has 8 heteroatoms. The number of ether oxygens (including phenoxy) is 2. The minimum absolute atomic E-state index is 0.0329. The first-order valence-electron chi connectivity index (χ1n) is 11.0. The molecule has 2 heterocycles. The lowest BCUT2D eigenvalue weighted by molar-refractivity contribution is 0.0524. The van der Waals surface area contributed by atoms with Crippen LogP contribution in [0.2, 0.25) is 0 Å². The van der Waals surface area contributed by atoms with Crippen molar-refractivity contribution in [1.82, 2.24) is 4.90 Å². The first kappa shape index (κ1) is 22.2. The van der Waals surface area contributed by atoms with E-state index in [1.165, 1.54) is 18.2 Å². The fraction of sp³-hybridized carbons (Fsp3) is 0.417. The van der Waals surface area contributed by atoms with Gasteiger partial charge in [-0.25, -0.2) is 9.18 Å². The molecule has 2 aliphatic rings. The number of carbonyl (C=O) groups is 2. The number of hydrogen-bond donors (Lipinski definition) is 2. The molecule has 0 bridgehead atoms. The maximum atomic E-state index is 13.4. The molecule has 2 aromatic carbocycles. The number of urea groups is 1. The van der Waals surface area contributed by atoms with Crippen molar-refractivity contribution in [3.8, 4) is 0 Å². The fourth-order valence-corrected chi connectivity index (χ4v) is 4.02. The minimum Gasteiger partial charge on any atom is -0.376 e. The minimum atomic E-state index is -0.429. The highest BCUT2D eigenvalue weighted by atomic mass is 19.1. The Morgan fingerprint density at radius 3 is 2.12 bits per heavy atom. The molecule has 0 spiro atoms. The van der Waals surface area contributed by atoms with Gasteiger partial charge in [-0.1, -0.05) is 12.1 Å². The topological polar surface area (TPSA) is 79.9 Å². The SMILES string of the molecule is O=C(Nc1cccc(F)c1)c1cccc(NC(=O)N(CC2CCCO2)CC2CCCO2)c1. The van der Waals surface area contributed by atoms with Crippen LogP contribution in [0, 0.1) is 5.82 Å². The van der Waals surface area contributed by atoms with E-state index in [9.17, 15) is 14.0 Å². The number of carbonyl (C=O) groups excluding carboxylic acids is 2. The Hall–Kier alpha value is -2.97. The average Bonchev–Trinajstić information content (AvgIpc) is 3.48. The van der Waals surface area contributed by atoms with Crippen molar-refractivity contribution in [1.29, 1.82) is 0 Å². The molecule has 170 valence electrons. The maximum Gasteiger partial charge on any atom is 0.322 e. The quantitative estimate of drug-likeness (QED) is 0.673. The van der Waals surface area contributed by atoms with Crippen molar-refractivity contribution in [2.75, 3.05) is 36.9 Å². The second-order valence-corrected chi connectivity index (χ2v) is 8.15. The normalized spacial score (nSPS) is 20.2. The van der Waals surface area contributed by atoms with Gasteiger partial charge in [0, 0.05) is 43.2 Å². The summed E-state index contributed by atoms with van der Waals surface area (Å²) < 4.78 is 24.8. The molecule has 2 aliphatic heterocycles. The van der Waals surface area contributed by atoms with Crippen LogP contribution in [0.3, 0.4) is 0 Å². The van der Waals surface area contributed by atoms with E-state index in [4.69, 9.17) is 9.47 Å². The van der Waals surface area contributed by atoms with Crippen LogP contribution in [0.25, 0.3) is 0 Å². The summed E-state index contributed by atoms with van der Waals surface area (Å²) in [6.07, 6.45) is 3.94. The Bertz CT molecular complexity index is 924. The second-order valence-electron chi connectivity index (χ2n) is 8.15. The maximum absolute atomic E-state index is 13.4. The Labute approximate surface area is 186 Å². The van der Waals surface area contributed by atoms with Crippen LogP contribution in [0.4, 0.5) is 20.6 Å². The summed E-state index contributed by atoms with van der Waals surface area (Å²) >= 11 is 0. The molecule has 2 saturated heterocycles. The summed E-state index contributed by atoms with van der Waals surface area (Å²) in [4.78, 5) is 27.4. The molecule has 0 aromatic heterocycles. The number of hydrogen-bond acceptors (Lipinski definition) is 4. The average molecular weight is 442 g/mol. The van der Waals surface area contributed by atoms with Crippen LogP contribution in [0.1, 0.15) is 36.0 Å². The molecule has 2 N–H and O–H groups in total. The van der Waals surface area contributed by atoms with Crippen molar-refractivity contribution < 1.29 is 23.5 Å². The monoisotopic (exact) mass is 441 g/mol. The number of halogens is 1. The number of nitrogens with zero attached hydrogens (tertiary/aromatic N) is 1. The van der Waals surface area contributed by atoms with Gasteiger partial charge in [-0.05, 0) is 62.1 Å². The van der Waals surface area contributed by atoms with E-state index < -0.39 is 5.82 Å². The van der Waals surface area contributed by atoms with Gasteiger partial charge in [0.05, 0.1) is 12.2 Å². The molecule has 2 unspecified atom stereocenters.